The van der Waals surface area contributed by atoms with Crippen molar-refractivity contribution in [2.75, 3.05) is 16.4 Å². The van der Waals surface area contributed by atoms with Crippen molar-refractivity contribution in [3.63, 3.8) is 0 Å². The second-order valence-corrected chi connectivity index (χ2v) is 8.10. The number of nitrogens with one attached hydrogen (secondary N) is 2. The largest absolute Gasteiger partial charge is 0.324 e. The van der Waals surface area contributed by atoms with E-state index in [4.69, 9.17) is 23.2 Å². The Hall–Kier alpha value is -2.62. The molecular formula is C20H18Cl2FN5O2S. The van der Waals surface area contributed by atoms with E-state index in [1.165, 1.54) is 30.0 Å². The maximum absolute atomic E-state index is 13.7. The number of amides is 2. The van der Waals surface area contributed by atoms with Crippen LogP contribution in [0.4, 0.5) is 15.8 Å². The van der Waals surface area contributed by atoms with E-state index < -0.39 is 11.7 Å². The number of benzene rings is 2. The zero-order valence-electron chi connectivity index (χ0n) is 16.4. The van der Waals surface area contributed by atoms with E-state index in [9.17, 15) is 14.0 Å². The summed E-state index contributed by atoms with van der Waals surface area (Å²) in [5.74, 6) is -0.730. The highest BCUT2D eigenvalue weighted by Crippen LogP contribution is 2.26. The van der Waals surface area contributed by atoms with Gasteiger partial charge in [0, 0.05) is 11.6 Å². The van der Waals surface area contributed by atoms with Crippen LogP contribution in [0.5, 0.6) is 0 Å². The number of halogens is 3. The van der Waals surface area contributed by atoms with E-state index in [-0.39, 0.29) is 23.8 Å². The van der Waals surface area contributed by atoms with Crippen LogP contribution in [-0.2, 0) is 22.6 Å². The predicted molar refractivity (Wildman–Crippen MR) is 120 cm³/mol. The molecule has 0 spiro atoms. The molecule has 1 aromatic heterocycles. The van der Waals surface area contributed by atoms with Crippen LogP contribution in [0.1, 0.15) is 12.7 Å². The van der Waals surface area contributed by atoms with Gasteiger partial charge in [-0.25, -0.2) is 4.39 Å². The molecule has 3 aromatic rings. The summed E-state index contributed by atoms with van der Waals surface area (Å²) in [5.41, 5.74) is 0.557. The lowest BCUT2D eigenvalue weighted by Crippen LogP contribution is -2.18. The van der Waals surface area contributed by atoms with Gasteiger partial charge in [-0.15, -0.1) is 10.2 Å². The van der Waals surface area contributed by atoms with Gasteiger partial charge in [0.05, 0.1) is 28.6 Å². The molecule has 0 aliphatic carbocycles. The van der Waals surface area contributed by atoms with Crippen LogP contribution in [0, 0.1) is 5.82 Å². The molecule has 31 heavy (non-hydrogen) atoms. The number of anilines is 2. The molecule has 2 amide bonds. The zero-order valence-corrected chi connectivity index (χ0v) is 18.7. The fourth-order valence-electron chi connectivity index (χ4n) is 2.68. The monoisotopic (exact) mass is 481 g/mol. The van der Waals surface area contributed by atoms with Gasteiger partial charge >= 0.3 is 0 Å². The Kier molecular flexibility index (Phi) is 7.89. The number of carbonyl (C=O) groups excluding carboxylic acids is 2. The number of carbonyl (C=O) groups is 2. The third kappa shape index (κ3) is 6.19. The minimum atomic E-state index is -0.518. The highest BCUT2D eigenvalue weighted by atomic mass is 35.5. The number of rotatable bonds is 8. The Morgan fingerprint density at radius 1 is 1.06 bits per heavy atom. The van der Waals surface area contributed by atoms with E-state index in [0.29, 0.717) is 33.3 Å². The van der Waals surface area contributed by atoms with Gasteiger partial charge in [0.2, 0.25) is 11.8 Å². The van der Waals surface area contributed by atoms with E-state index in [0.717, 1.165) is 0 Å². The van der Waals surface area contributed by atoms with Crippen LogP contribution >= 0.6 is 35.0 Å². The molecule has 2 aromatic carbocycles. The van der Waals surface area contributed by atoms with Crippen molar-refractivity contribution >= 4 is 58.2 Å². The second-order valence-electron chi connectivity index (χ2n) is 6.31. The quantitative estimate of drug-likeness (QED) is 0.456. The molecule has 0 saturated carbocycles. The van der Waals surface area contributed by atoms with Crippen molar-refractivity contribution in [2.45, 2.75) is 25.0 Å². The highest BCUT2D eigenvalue weighted by molar-refractivity contribution is 7.99. The molecular weight excluding hydrogens is 464 g/mol. The molecule has 11 heteroatoms. The standard InChI is InChI=1S/C20H18Cl2FN5O2S/c1-2-28-17(10-18(29)25-16-6-4-3-5-14(16)23)26-27-20(28)31-11-19(30)24-15-8-7-12(21)9-13(15)22/h3-9H,2,10-11H2,1H3,(H,24,30)(H,25,29). The molecule has 162 valence electrons. The Bertz CT molecular complexity index is 1110. The Morgan fingerprint density at radius 3 is 2.52 bits per heavy atom. The van der Waals surface area contributed by atoms with Crippen LogP contribution in [0.3, 0.4) is 0 Å². The molecule has 0 aliphatic rings. The van der Waals surface area contributed by atoms with Gasteiger partial charge < -0.3 is 15.2 Å². The van der Waals surface area contributed by atoms with E-state index in [1.54, 1.807) is 28.8 Å². The van der Waals surface area contributed by atoms with Crippen LogP contribution in [0.15, 0.2) is 47.6 Å². The minimum Gasteiger partial charge on any atom is -0.324 e. The first kappa shape index (κ1) is 23.1. The summed E-state index contributed by atoms with van der Waals surface area (Å²) in [7, 11) is 0. The number of hydrogen-bond donors (Lipinski definition) is 2. The third-order valence-electron chi connectivity index (χ3n) is 4.11. The number of nitrogens with zero attached hydrogens (tertiary/aromatic N) is 3. The number of aromatic nitrogens is 3. The average molecular weight is 482 g/mol. The molecule has 0 unspecified atom stereocenters. The summed E-state index contributed by atoms with van der Waals surface area (Å²) in [4.78, 5) is 24.5. The predicted octanol–water partition coefficient (Wildman–Crippen LogP) is 4.66. The first-order chi connectivity index (χ1) is 14.9. The molecule has 3 rings (SSSR count). The van der Waals surface area contributed by atoms with Crippen molar-refractivity contribution in [1.82, 2.24) is 14.8 Å². The summed E-state index contributed by atoms with van der Waals surface area (Å²) in [6.45, 7) is 2.38. The molecule has 7 nitrogen and oxygen atoms in total. The minimum absolute atomic E-state index is 0.0680. The molecule has 2 N–H and O–H groups in total. The van der Waals surface area contributed by atoms with Crippen LogP contribution in [0.25, 0.3) is 0 Å². The zero-order chi connectivity index (χ0) is 22.4. The number of para-hydroxylation sites is 1. The molecule has 0 atom stereocenters. The molecule has 1 heterocycles. The van der Waals surface area contributed by atoms with Gasteiger partial charge in [0.1, 0.15) is 11.6 Å². The summed E-state index contributed by atoms with van der Waals surface area (Å²) in [6, 6.07) is 10.7. The highest BCUT2D eigenvalue weighted by Gasteiger charge is 2.17. The van der Waals surface area contributed by atoms with Crippen molar-refractivity contribution in [2.24, 2.45) is 0 Å². The Labute approximate surface area is 192 Å². The van der Waals surface area contributed by atoms with Gasteiger partial charge in [-0.05, 0) is 37.3 Å². The number of thioether (sulfide) groups is 1. The molecule has 0 radical (unpaired) electrons. The van der Waals surface area contributed by atoms with Crippen molar-refractivity contribution < 1.29 is 14.0 Å². The Balaban J connectivity index is 1.59. The van der Waals surface area contributed by atoms with Crippen LogP contribution in [-0.4, -0.2) is 32.3 Å². The van der Waals surface area contributed by atoms with Crippen LogP contribution in [0.2, 0.25) is 10.0 Å². The lowest BCUT2D eigenvalue weighted by atomic mass is 10.3. The van der Waals surface area contributed by atoms with Gasteiger partial charge in [0.25, 0.3) is 0 Å². The average Bonchev–Trinajstić information content (AvgIpc) is 3.11. The summed E-state index contributed by atoms with van der Waals surface area (Å²) >= 11 is 13.1. The third-order valence-corrected chi connectivity index (χ3v) is 5.63. The number of hydrogen-bond acceptors (Lipinski definition) is 5. The maximum atomic E-state index is 13.7. The van der Waals surface area contributed by atoms with E-state index in [2.05, 4.69) is 20.8 Å². The summed E-state index contributed by atoms with van der Waals surface area (Å²) in [6.07, 6.45) is -0.0810. The maximum Gasteiger partial charge on any atom is 0.234 e. The SMILES string of the molecule is CCn1c(CC(=O)Nc2ccccc2F)nnc1SCC(=O)Nc1ccc(Cl)cc1Cl. The van der Waals surface area contributed by atoms with E-state index >= 15 is 0 Å². The Morgan fingerprint density at radius 2 is 1.81 bits per heavy atom. The van der Waals surface area contributed by atoms with E-state index in [1.807, 2.05) is 6.92 Å². The van der Waals surface area contributed by atoms with Gasteiger partial charge in [0.15, 0.2) is 5.16 Å². The lowest BCUT2D eigenvalue weighted by Gasteiger charge is -2.09. The van der Waals surface area contributed by atoms with Gasteiger partial charge in [-0.1, -0.05) is 47.1 Å². The summed E-state index contributed by atoms with van der Waals surface area (Å²) in [5, 5.41) is 14.7. The smallest absolute Gasteiger partial charge is 0.234 e. The normalized spacial score (nSPS) is 10.7. The first-order valence-corrected chi connectivity index (χ1v) is 11.0. The van der Waals surface area contributed by atoms with Gasteiger partial charge in [-0.3, -0.25) is 9.59 Å². The van der Waals surface area contributed by atoms with Gasteiger partial charge in [-0.2, -0.15) is 0 Å². The topological polar surface area (TPSA) is 88.9 Å². The molecule has 0 aliphatic heterocycles. The van der Waals surface area contributed by atoms with Crippen molar-refractivity contribution in [1.29, 1.82) is 0 Å². The lowest BCUT2D eigenvalue weighted by molar-refractivity contribution is -0.116. The fraction of sp³-hybridized carbons (Fsp3) is 0.200. The summed E-state index contributed by atoms with van der Waals surface area (Å²) < 4.78 is 15.4. The van der Waals surface area contributed by atoms with Crippen LogP contribution < -0.4 is 10.6 Å². The molecule has 0 fully saturated rings. The first-order valence-electron chi connectivity index (χ1n) is 9.21. The molecule has 0 saturated heterocycles. The van der Waals surface area contributed by atoms with Crippen molar-refractivity contribution in [3.05, 3.63) is 64.2 Å². The molecule has 0 bridgehead atoms. The second kappa shape index (κ2) is 10.6. The van der Waals surface area contributed by atoms with Crippen molar-refractivity contribution in [3.8, 4) is 0 Å². The fourth-order valence-corrected chi connectivity index (χ4v) is 3.96.